The van der Waals surface area contributed by atoms with E-state index in [1.54, 1.807) is 30.3 Å². The second kappa shape index (κ2) is 14.1. The van der Waals surface area contributed by atoms with Gasteiger partial charge in [0.2, 0.25) is 11.8 Å². The van der Waals surface area contributed by atoms with Gasteiger partial charge >= 0.3 is 10.2 Å². The van der Waals surface area contributed by atoms with Crippen LogP contribution in [0.3, 0.4) is 0 Å². The first-order chi connectivity index (χ1) is 19.0. The van der Waals surface area contributed by atoms with E-state index in [2.05, 4.69) is 5.32 Å². The van der Waals surface area contributed by atoms with E-state index in [-0.39, 0.29) is 24.9 Å². The summed E-state index contributed by atoms with van der Waals surface area (Å²) in [6.45, 7) is 5.57. The minimum Gasteiger partial charge on any atom is -0.352 e. The van der Waals surface area contributed by atoms with Gasteiger partial charge in [-0.25, -0.2) is 4.31 Å². The lowest BCUT2D eigenvalue weighted by molar-refractivity contribution is -0.140. The zero-order valence-electron chi connectivity index (χ0n) is 23.9. The summed E-state index contributed by atoms with van der Waals surface area (Å²) in [5.41, 5.74) is 3.18. The highest BCUT2D eigenvalue weighted by molar-refractivity contribution is 7.90. The average molecular weight is 565 g/mol. The minimum atomic E-state index is -4.01. The van der Waals surface area contributed by atoms with Gasteiger partial charge in [-0.3, -0.25) is 9.59 Å². The van der Waals surface area contributed by atoms with Crippen molar-refractivity contribution in [2.24, 2.45) is 0 Å². The van der Waals surface area contributed by atoms with Gasteiger partial charge in [0.1, 0.15) is 12.6 Å². The monoisotopic (exact) mass is 564 g/mol. The summed E-state index contributed by atoms with van der Waals surface area (Å²) in [5, 5.41) is 3.04. The maximum absolute atomic E-state index is 14.2. The van der Waals surface area contributed by atoms with Crippen molar-refractivity contribution in [3.8, 4) is 0 Å². The minimum absolute atomic E-state index is 0.0861. The summed E-state index contributed by atoms with van der Waals surface area (Å²) < 4.78 is 28.9. The van der Waals surface area contributed by atoms with Crippen LogP contribution in [0, 0.1) is 6.92 Å². The number of nitrogens with one attached hydrogen (secondary N) is 1. The number of carbonyl (C=O) groups excluding carboxylic acids is 2. The van der Waals surface area contributed by atoms with Crippen LogP contribution in [0.4, 0.5) is 5.69 Å². The predicted octanol–water partition coefficient (Wildman–Crippen LogP) is 4.16. The van der Waals surface area contributed by atoms with Gasteiger partial charge in [0.05, 0.1) is 5.69 Å². The first kappa shape index (κ1) is 30.8. The first-order valence-corrected chi connectivity index (χ1v) is 14.9. The van der Waals surface area contributed by atoms with Gasteiger partial charge in [0.15, 0.2) is 0 Å². The van der Waals surface area contributed by atoms with Crippen LogP contribution in [0.2, 0.25) is 0 Å². The summed E-state index contributed by atoms with van der Waals surface area (Å²) in [5.74, 6) is -0.754. The Labute approximate surface area is 238 Å². The fraction of sp³-hybridized carbons (Fsp3) is 0.355. The van der Waals surface area contributed by atoms with Crippen LogP contribution in [-0.2, 0) is 32.8 Å². The van der Waals surface area contributed by atoms with E-state index in [1.165, 1.54) is 19.0 Å². The summed E-state index contributed by atoms with van der Waals surface area (Å²) in [4.78, 5) is 29.4. The van der Waals surface area contributed by atoms with Crippen LogP contribution >= 0.6 is 0 Å². The molecule has 3 aromatic carbocycles. The van der Waals surface area contributed by atoms with E-state index >= 15 is 0 Å². The molecular formula is C31H40N4O4S. The Hall–Kier alpha value is -3.69. The van der Waals surface area contributed by atoms with Crippen LogP contribution in [0.25, 0.3) is 0 Å². The molecular weight excluding hydrogens is 524 g/mol. The highest BCUT2D eigenvalue weighted by atomic mass is 32.2. The van der Waals surface area contributed by atoms with Crippen molar-refractivity contribution < 1.29 is 18.0 Å². The van der Waals surface area contributed by atoms with Crippen LogP contribution in [0.5, 0.6) is 0 Å². The molecule has 0 aliphatic rings. The summed E-state index contributed by atoms with van der Waals surface area (Å²) in [6, 6.07) is 24.9. The zero-order chi connectivity index (χ0) is 29.3. The van der Waals surface area contributed by atoms with Crippen molar-refractivity contribution in [3.63, 3.8) is 0 Å². The number of rotatable bonds is 13. The van der Waals surface area contributed by atoms with Gasteiger partial charge in [0.25, 0.3) is 0 Å². The molecule has 214 valence electrons. The smallest absolute Gasteiger partial charge is 0.304 e. The number of hydrogen-bond donors (Lipinski definition) is 1. The fourth-order valence-electron chi connectivity index (χ4n) is 4.20. The molecule has 0 fully saturated rings. The van der Waals surface area contributed by atoms with Crippen LogP contribution in [-0.4, -0.2) is 62.2 Å². The first-order valence-electron chi connectivity index (χ1n) is 13.5. The highest BCUT2D eigenvalue weighted by Crippen LogP contribution is 2.22. The fourth-order valence-corrected chi connectivity index (χ4v) is 5.25. The number of hydrogen-bond acceptors (Lipinski definition) is 4. The van der Waals surface area contributed by atoms with Crippen molar-refractivity contribution in [3.05, 3.63) is 102 Å². The number of carbonyl (C=O) groups is 2. The number of amides is 2. The van der Waals surface area contributed by atoms with Gasteiger partial charge < -0.3 is 10.2 Å². The molecule has 0 unspecified atom stereocenters. The molecule has 3 aromatic rings. The van der Waals surface area contributed by atoms with E-state index < -0.39 is 28.7 Å². The van der Waals surface area contributed by atoms with Gasteiger partial charge in [0, 0.05) is 33.1 Å². The van der Waals surface area contributed by atoms with Crippen molar-refractivity contribution >= 4 is 27.7 Å². The van der Waals surface area contributed by atoms with E-state index in [1.807, 2.05) is 75.4 Å². The van der Waals surface area contributed by atoms with Crippen LogP contribution in [0.1, 0.15) is 37.0 Å². The molecule has 9 heteroatoms. The van der Waals surface area contributed by atoms with Gasteiger partial charge in [-0.2, -0.15) is 12.7 Å². The standard InChI is InChI=1S/C31H40N4O4S/c1-6-25(3)32-31(37)29(21-26-13-9-7-10-14-26)34(22-27-19-17-24(2)18-20-27)30(36)23-35(40(38,39)33(4)5)28-15-11-8-12-16-28/h7-20,25,29H,6,21-23H2,1-5H3,(H,32,37)/t25-,29+/m1/s1. The molecule has 0 radical (unpaired) electrons. The molecule has 0 spiro atoms. The number of para-hydroxylation sites is 1. The SMILES string of the molecule is CC[C@@H](C)NC(=O)[C@H](Cc1ccccc1)N(Cc1ccc(C)cc1)C(=O)CN(c1ccccc1)S(=O)(=O)N(C)C. The summed E-state index contributed by atoms with van der Waals surface area (Å²) >= 11 is 0. The van der Waals surface area contributed by atoms with E-state index in [0.717, 1.165) is 31.7 Å². The number of nitrogens with zero attached hydrogens (tertiary/aromatic N) is 3. The van der Waals surface area contributed by atoms with Gasteiger partial charge in [-0.15, -0.1) is 0 Å². The molecule has 0 aliphatic carbocycles. The molecule has 0 heterocycles. The van der Waals surface area contributed by atoms with Gasteiger partial charge in [-0.1, -0.05) is 85.3 Å². The van der Waals surface area contributed by atoms with E-state index in [9.17, 15) is 18.0 Å². The second-order valence-electron chi connectivity index (χ2n) is 10.2. The maximum atomic E-state index is 14.2. The van der Waals surface area contributed by atoms with E-state index in [4.69, 9.17) is 0 Å². The van der Waals surface area contributed by atoms with Crippen LogP contribution < -0.4 is 9.62 Å². The molecule has 0 saturated heterocycles. The molecule has 2 atom stereocenters. The van der Waals surface area contributed by atoms with Crippen molar-refractivity contribution in [2.45, 2.75) is 52.2 Å². The lowest BCUT2D eigenvalue weighted by Gasteiger charge is -2.35. The molecule has 3 rings (SSSR count). The Bertz CT molecular complexity index is 1350. The van der Waals surface area contributed by atoms with E-state index in [0.29, 0.717) is 5.69 Å². The Kier molecular flexibility index (Phi) is 10.9. The number of benzene rings is 3. The van der Waals surface area contributed by atoms with Crippen LogP contribution in [0.15, 0.2) is 84.9 Å². The molecule has 0 aliphatic heterocycles. The van der Waals surface area contributed by atoms with Crippen molar-refractivity contribution in [2.75, 3.05) is 24.9 Å². The second-order valence-corrected chi connectivity index (χ2v) is 12.2. The topological polar surface area (TPSA) is 90.0 Å². The highest BCUT2D eigenvalue weighted by Gasteiger charge is 2.34. The average Bonchev–Trinajstić information content (AvgIpc) is 2.95. The third kappa shape index (κ3) is 8.16. The molecule has 0 saturated carbocycles. The Morgan fingerprint density at radius 1 is 0.850 bits per heavy atom. The van der Waals surface area contributed by atoms with Crippen molar-refractivity contribution in [1.29, 1.82) is 0 Å². The summed E-state index contributed by atoms with van der Waals surface area (Å²) in [7, 11) is -1.15. The Morgan fingerprint density at radius 2 is 1.43 bits per heavy atom. The zero-order valence-corrected chi connectivity index (χ0v) is 24.8. The number of anilines is 1. The molecule has 0 aromatic heterocycles. The lowest BCUT2D eigenvalue weighted by Crippen LogP contribution is -2.55. The quantitative estimate of drug-likeness (QED) is 0.338. The van der Waals surface area contributed by atoms with Crippen molar-refractivity contribution in [1.82, 2.24) is 14.5 Å². The molecule has 1 N–H and O–H groups in total. The molecule has 0 bridgehead atoms. The Morgan fingerprint density at radius 3 is 1.98 bits per heavy atom. The maximum Gasteiger partial charge on any atom is 0.304 e. The largest absolute Gasteiger partial charge is 0.352 e. The number of aryl methyl sites for hydroxylation is 1. The third-order valence-corrected chi connectivity index (χ3v) is 8.63. The lowest BCUT2D eigenvalue weighted by atomic mass is 10.0. The third-order valence-electron chi connectivity index (χ3n) is 6.81. The Balaban J connectivity index is 2.07. The molecule has 2 amide bonds. The molecule has 8 nitrogen and oxygen atoms in total. The predicted molar refractivity (Wildman–Crippen MR) is 160 cm³/mol. The normalized spacial score (nSPS) is 12.9. The van der Waals surface area contributed by atoms with Gasteiger partial charge in [-0.05, 0) is 43.5 Å². The summed E-state index contributed by atoms with van der Waals surface area (Å²) in [6.07, 6.45) is 1.02. The molecule has 40 heavy (non-hydrogen) atoms.